The van der Waals surface area contributed by atoms with Gasteiger partial charge in [-0.15, -0.1) is 0 Å². The summed E-state index contributed by atoms with van der Waals surface area (Å²) in [7, 11) is 0. The smallest absolute Gasteiger partial charge is 0.271 e. The average molecular weight is 312 g/mol. The number of nitrogens with two attached hydrogens (primary N) is 1. The highest BCUT2D eigenvalue weighted by molar-refractivity contribution is 6.09. The number of hydrogen-bond donors (Lipinski definition) is 3. The molecule has 3 rings (SSSR count). The summed E-state index contributed by atoms with van der Waals surface area (Å²) < 4.78 is 0. The van der Waals surface area contributed by atoms with Crippen molar-refractivity contribution in [1.82, 2.24) is 10.2 Å². The van der Waals surface area contributed by atoms with Crippen LogP contribution in [0.3, 0.4) is 0 Å². The normalized spacial score (nSPS) is 13.2. The van der Waals surface area contributed by atoms with Crippen LogP contribution >= 0.6 is 0 Å². The summed E-state index contributed by atoms with van der Waals surface area (Å²) in [6.45, 7) is 3.91. The van der Waals surface area contributed by atoms with Crippen molar-refractivity contribution in [1.29, 1.82) is 0 Å². The molecule has 0 bridgehead atoms. The number of anilines is 1. The molecule has 1 aliphatic rings. The maximum Gasteiger partial charge on any atom is 0.271 e. The number of rotatable bonds is 4. The van der Waals surface area contributed by atoms with Gasteiger partial charge in [0.1, 0.15) is 0 Å². The van der Waals surface area contributed by atoms with Gasteiger partial charge in [-0.2, -0.15) is 5.10 Å². The lowest BCUT2D eigenvalue weighted by atomic mass is 10.0. The van der Waals surface area contributed by atoms with E-state index in [1.54, 1.807) is 0 Å². The molecule has 4 N–H and O–H groups in total. The van der Waals surface area contributed by atoms with E-state index in [0.717, 1.165) is 24.8 Å². The van der Waals surface area contributed by atoms with Gasteiger partial charge in [0.15, 0.2) is 5.69 Å². The van der Waals surface area contributed by atoms with Crippen LogP contribution in [0, 0.1) is 0 Å². The summed E-state index contributed by atoms with van der Waals surface area (Å²) in [4.78, 5) is 24.3. The molecule has 0 spiro atoms. The van der Waals surface area contributed by atoms with Crippen molar-refractivity contribution in [2.75, 3.05) is 5.32 Å². The minimum atomic E-state index is -0.665. The molecule has 0 aliphatic heterocycles. The number of amides is 2. The Morgan fingerprint density at radius 2 is 2.09 bits per heavy atom. The third-order valence-electron chi connectivity index (χ3n) is 4.23. The van der Waals surface area contributed by atoms with E-state index >= 15 is 0 Å². The number of aryl methyl sites for hydroxylation is 1. The Morgan fingerprint density at radius 1 is 1.30 bits per heavy atom. The highest BCUT2D eigenvalue weighted by Crippen LogP contribution is 2.28. The van der Waals surface area contributed by atoms with Crippen molar-refractivity contribution >= 4 is 17.5 Å². The van der Waals surface area contributed by atoms with Gasteiger partial charge in [0.05, 0.1) is 11.4 Å². The van der Waals surface area contributed by atoms with E-state index in [1.165, 1.54) is 5.56 Å². The van der Waals surface area contributed by atoms with Gasteiger partial charge in [0.25, 0.3) is 11.8 Å². The Morgan fingerprint density at radius 3 is 2.78 bits per heavy atom. The lowest BCUT2D eigenvalue weighted by Gasteiger charge is -2.12. The zero-order chi connectivity index (χ0) is 16.6. The van der Waals surface area contributed by atoms with Crippen LogP contribution < -0.4 is 11.1 Å². The first-order valence-electron chi connectivity index (χ1n) is 7.79. The van der Waals surface area contributed by atoms with Crippen LogP contribution in [-0.4, -0.2) is 22.0 Å². The lowest BCUT2D eigenvalue weighted by molar-refractivity contribution is 0.0996. The number of carbonyl (C=O) groups is 2. The maximum atomic E-state index is 12.7. The average Bonchev–Trinajstić information content (AvgIpc) is 3.12. The van der Waals surface area contributed by atoms with Gasteiger partial charge in [-0.3, -0.25) is 14.7 Å². The number of fused-ring (bicyclic) bond motifs is 1. The van der Waals surface area contributed by atoms with E-state index in [1.807, 2.05) is 26.0 Å². The lowest BCUT2D eigenvalue weighted by Crippen LogP contribution is -2.19. The van der Waals surface area contributed by atoms with Crippen LogP contribution in [0.2, 0.25) is 0 Å². The van der Waals surface area contributed by atoms with E-state index in [9.17, 15) is 9.59 Å². The van der Waals surface area contributed by atoms with E-state index in [4.69, 9.17) is 5.73 Å². The molecule has 23 heavy (non-hydrogen) atoms. The quantitative estimate of drug-likeness (QED) is 0.807. The topological polar surface area (TPSA) is 101 Å². The van der Waals surface area contributed by atoms with Gasteiger partial charge in [-0.25, -0.2) is 0 Å². The number of nitrogens with zero attached hydrogens (tertiary/aromatic N) is 1. The molecule has 0 fully saturated rings. The van der Waals surface area contributed by atoms with Crippen molar-refractivity contribution in [3.63, 3.8) is 0 Å². The molecule has 1 aromatic carbocycles. The van der Waals surface area contributed by atoms with Crippen molar-refractivity contribution in [2.24, 2.45) is 5.73 Å². The molecule has 120 valence electrons. The van der Waals surface area contributed by atoms with Gasteiger partial charge in [0.2, 0.25) is 0 Å². The number of aromatic nitrogens is 2. The Hall–Kier alpha value is -2.63. The van der Waals surface area contributed by atoms with Crippen LogP contribution in [0.4, 0.5) is 5.69 Å². The molecule has 0 unspecified atom stereocenters. The fraction of sp³-hybridized carbons (Fsp3) is 0.353. The molecule has 0 saturated heterocycles. The minimum Gasteiger partial charge on any atom is -0.364 e. The molecular weight excluding hydrogens is 292 g/mol. The minimum absolute atomic E-state index is 0.0645. The molecule has 0 atom stereocenters. The summed E-state index contributed by atoms with van der Waals surface area (Å²) in [6.07, 6.45) is 2.98. The first-order valence-corrected chi connectivity index (χ1v) is 7.79. The molecule has 0 radical (unpaired) electrons. The Balaban J connectivity index is 1.96. The van der Waals surface area contributed by atoms with Gasteiger partial charge in [0, 0.05) is 5.56 Å². The maximum absolute atomic E-state index is 12.7. The highest BCUT2D eigenvalue weighted by Gasteiger charge is 2.24. The van der Waals surface area contributed by atoms with Crippen LogP contribution in [0.25, 0.3) is 0 Å². The Labute approximate surface area is 134 Å². The molecule has 2 amide bonds. The van der Waals surface area contributed by atoms with E-state index in [0.29, 0.717) is 16.9 Å². The molecular formula is C17H20N4O2. The molecule has 6 nitrogen and oxygen atoms in total. The van der Waals surface area contributed by atoms with Crippen molar-refractivity contribution < 1.29 is 9.59 Å². The Bertz CT molecular complexity index is 777. The molecule has 1 heterocycles. The van der Waals surface area contributed by atoms with E-state index in [2.05, 4.69) is 21.6 Å². The fourth-order valence-electron chi connectivity index (χ4n) is 3.09. The largest absolute Gasteiger partial charge is 0.364 e. The number of benzene rings is 1. The standard InChI is InChI=1S/C17H20N4O2/c1-9(2)13-14(15(16(18)22)21-20-13)19-17(23)12-8-4-6-10-5-3-7-11(10)12/h4,6,8-9H,3,5,7H2,1-2H3,(H2,18,22)(H,19,23)(H,20,21). The van der Waals surface area contributed by atoms with E-state index in [-0.39, 0.29) is 17.5 Å². The van der Waals surface area contributed by atoms with Crippen LogP contribution in [0.5, 0.6) is 0 Å². The zero-order valence-electron chi connectivity index (χ0n) is 13.3. The summed E-state index contributed by atoms with van der Waals surface area (Å²) >= 11 is 0. The second-order valence-corrected chi connectivity index (χ2v) is 6.13. The third kappa shape index (κ3) is 2.72. The molecule has 1 aliphatic carbocycles. The van der Waals surface area contributed by atoms with Crippen LogP contribution in [0.15, 0.2) is 18.2 Å². The van der Waals surface area contributed by atoms with Crippen molar-refractivity contribution in [3.8, 4) is 0 Å². The fourth-order valence-corrected chi connectivity index (χ4v) is 3.09. The first kappa shape index (κ1) is 15.3. The number of H-pyrrole nitrogens is 1. The van der Waals surface area contributed by atoms with Gasteiger partial charge in [-0.05, 0) is 42.4 Å². The van der Waals surface area contributed by atoms with E-state index < -0.39 is 5.91 Å². The van der Waals surface area contributed by atoms with Gasteiger partial charge < -0.3 is 11.1 Å². The SMILES string of the molecule is CC(C)c1[nH]nc(C(N)=O)c1NC(=O)c1cccc2c1CCC2. The predicted molar refractivity (Wildman–Crippen MR) is 87.6 cm³/mol. The summed E-state index contributed by atoms with van der Waals surface area (Å²) in [5.74, 6) is -0.816. The number of nitrogens with one attached hydrogen (secondary N) is 2. The summed E-state index contributed by atoms with van der Waals surface area (Å²) in [6, 6.07) is 5.77. The number of primary amides is 1. The van der Waals surface area contributed by atoms with Crippen LogP contribution in [0.1, 0.15) is 63.9 Å². The first-order chi connectivity index (χ1) is 11.0. The van der Waals surface area contributed by atoms with Crippen molar-refractivity contribution in [2.45, 2.75) is 39.0 Å². The number of carbonyl (C=O) groups excluding carboxylic acids is 2. The van der Waals surface area contributed by atoms with Gasteiger partial charge in [-0.1, -0.05) is 26.0 Å². The summed E-state index contributed by atoms with van der Waals surface area (Å²) in [5.41, 5.74) is 9.48. The predicted octanol–water partition coefficient (Wildman–Crippen LogP) is 2.37. The number of aromatic amines is 1. The number of hydrogen-bond acceptors (Lipinski definition) is 3. The molecule has 6 heteroatoms. The second-order valence-electron chi connectivity index (χ2n) is 6.13. The third-order valence-corrected chi connectivity index (χ3v) is 4.23. The van der Waals surface area contributed by atoms with Crippen molar-refractivity contribution in [3.05, 3.63) is 46.3 Å². The molecule has 1 aromatic heterocycles. The summed E-state index contributed by atoms with van der Waals surface area (Å²) in [5, 5.41) is 9.57. The monoisotopic (exact) mass is 312 g/mol. The van der Waals surface area contributed by atoms with Gasteiger partial charge >= 0.3 is 0 Å². The Kier molecular flexibility index (Phi) is 3.90. The zero-order valence-corrected chi connectivity index (χ0v) is 13.3. The highest BCUT2D eigenvalue weighted by atomic mass is 16.2. The molecule has 0 saturated carbocycles. The van der Waals surface area contributed by atoms with Crippen LogP contribution in [-0.2, 0) is 12.8 Å². The second kappa shape index (κ2) is 5.87. The molecule has 2 aromatic rings.